The van der Waals surface area contributed by atoms with Gasteiger partial charge in [-0.05, 0) is 54.7 Å². The summed E-state index contributed by atoms with van der Waals surface area (Å²) >= 11 is 7.70. The molecule has 0 unspecified atom stereocenters. The smallest absolute Gasteiger partial charge is 0.265 e. The molecule has 0 saturated carbocycles. The maximum atomic E-state index is 14.6. The third-order valence-corrected chi connectivity index (χ3v) is 6.16. The minimum Gasteiger partial charge on any atom is -0.308 e. The molecule has 2 aromatic rings. The monoisotopic (exact) mass is 439 g/mol. The van der Waals surface area contributed by atoms with Crippen molar-refractivity contribution in [3.05, 3.63) is 64.2 Å². The largest absolute Gasteiger partial charge is 0.308 e. The number of nitrogens with two attached hydrogens (primary N) is 1. The third kappa shape index (κ3) is 5.07. The van der Waals surface area contributed by atoms with Crippen molar-refractivity contribution < 1.29 is 18.4 Å². The maximum absolute atomic E-state index is 14.6. The van der Waals surface area contributed by atoms with Crippen LogP contribution >= 0.6 is 23.4 Å². The van der Waals surface area contributed by atoms with Gasteiger partial charge in [0.05, 0.1) is 11.6 Å². The van der Waals surface area contributed by atoms with Crippen molar-refractivity contribution >= 4 is 40.9 Å². The van der Waals surface area contributed by atoms with E-state index in [-0.39, 0.29) is 34.5 Å². The Labute approximate surface area is 176 Å². The van der Waals surface area contributed by atoms with Crippen LogP contribution in [0.5, 0.6) is 0 Å². The zero-order valence-corrected chi connectivity index (χ0v) is 17.0. The van der Waals surface area contributed by atoms with Gasteiger partial charge in [-0.2, -0.15) is 11.8 Å². The lowest BCUT2D eigenvalue weighted by Gasteiger charge is -2.29. The molecule has 0 aromatic heterocycles. The normalized spacial score (nSPS) is 14.5. The molecule has 0 bridgehead atoms. The molecule has 2 aromatic carbocycles. The van der Waals surface area contributed by atoms with E-state index in [0.717, 1.165) is 30.4 Å². The highest BCUT2D eigenvalue weighted by Gasteiger charge is 2.28. The molecule has 3 rings (SSSR count). The van der Waals surface area contributed by atoms with Crippen molar-refractivity contribution in [2.45, 2.75) is 19.4 Å². The molecule has 1 saturated heterocycles. The van der Waals surface area contributed by atoms with Gasteiger partial charge in [-0.1, -0.05) is 17.7 Å². The van der Waals surface area contributed by atoms with E-state index in [9.17, 15) is 18.4 Å². The lowest BCUT2D eigenvalue weighted by atomic mass is 10.00. The number of nitrogens with one attached hydrogen (secondary N) is 1. The zero-order chi connectivity index (χ0) is 21.0. The van der Waals surface area contributed by atoms with Crippen LogP contribution in [0.2, 0.25) is 5.02 Å². The third-order valence-electron chi connectivity index (χ3n) is 4.83. The van der Waals surface area contributed by atoms with Crippen molar-refractivity contribution in [1.29, 1.82) is 0 Å². The molecule has 1 aliphatic heterocycles. The number of carbonyl (C=O) groups excluding carboxylic acids is 2. The molecular formula is C20H20ClF2N3O2S. The highest BCUT2D eigenvalue weighted by molar-refractivity contribution is 7.99. The van der Waals surface area contributed by atoms with Crippen LogP contribution in [-0.4, -0.2) is 23.3 Å². The first kappa shape index (κ1) is 21.5. The number of halogens is 3. The van der Waals surface area contributed by atoms with E-state index < -0.39 is 17.5 Å². The van der Waals surface area contributed by atoms with Crippen LogP contribution in [-0.2, 0) is 11.3 Å². The molecule has 0 radical (unpaired) electrons. The lowest BCUT2D eigenvalue weighted by Crippen LogP contribution is -2.37. The molecule has 3 N–H and O–H groups in total. The average molecular weight is 440 g/mol. The Kier molecular flexibility index (Phi) is 7.10. The molecule has 5 nitrogen and oxygen atoms in total. The van der Waals surface area contributed by atoms with Gasteiger partial charge in [0.1, 0.15) is 11.6 Å². The molecule has 29 heavy (non-hydrogen) atoms. The molecule has 0 aliphatic carbocycles. The van der Waals surface area contributed by atoms with E-state index >= 15 is 0 Å². The quantitative estimate of drug-likeness (QED) is 0.421. The number of nitrogens with zero attached hydrogens (tertiary/aromatic N) is 1. The van der Waals surface area contributed by atoms with E-state index in [1.54, 1.807) is 11.8 Å². The molecule has 9 heteroatoms. The molecule has 1 fully saturated rings. The number of hydrazine groups is 1. The predicted molar refractivity (Wildman–Crippen MR) is 111 cm³/mol. The predicted octanol–water partition coefficient (Wildman–Crippen LogP) is 3.90. The molecular weight excluding hydrogens is 420 g/mol. The number of thioether (sulfide) groups is 1. The highest BCUT2D eigenvalue weighted by Crippen LogP contribution is 2.30. The van der Waals surface area contributed by atoms with Crippen LogP contribution in [0.1, 0.15) is 28.8 Å². The van der Waals surface area contributed by atoms with Crippen molar-refractivity contribution in [3.63, 3.8) is 0 Å². The van der Waals surface area contributed by atoms with E-state index in [2.05, 4.69) is 0 Å². The van der Waals surface area contributed by atoms with Crippen molar-refractivity contribution in [3.8, 4) is 0 Å². The average Bonchev–Trinajstić information content (AvgIpc) is 2.74. The Balaban J connectivity index is 1.93. The second kappa shape index (κ2) is 9.56. The fourth-order valence-corrected chi connectivity index (χ4v) is 4.47. The standard InChI is InChI=1S/C20H20ClF2N3O2S/c21-16-10-15(3-4-17(16)22)26(20(28)12-5-7-29-8-6-12)11-14-2-1-13(9-18(14)23)19(27)25-24/h1-4,9-10,12H,5-8,11,24H2,(H,25,27). The summed E-state index contributed by atoms with van der Waals surface area (Å²) in [7, 11) is 0. The summed E-state index contributed by atoms with van der Waals surface area (Å²) in [6.07, 6.45) is 1.46. The van der Waals surface area contributed by atoms with E-state index in [1.807, 2.05) is 5.43 Å². The number of nitrogen functional groups attached to an aromatic ring is 1. The summed E-state index contributed by atoms with van der Waals surface area (Å²) in [5.74, 6) is 4.64. The van der Waals surface area contributed by atoms with Crippen LogP contribution in [0.25, 0.3) is 0 Å². The molecule has 0 spiro atoms. The fraction of sp³-hybridized carbons (Fsp3) is 0.300. The van der Waals surface area contributed by atoms with Crippen LogP contribution < -0.4 is 16.2 Å². The highest BCUT2D eigenvalue weighted by atomic mass is 35.5. The van der Waals surface area contributed by atoms with Crippen molar-refractivity contribution in [2.24, 2.45) is 11.8 Å². The van der Waals surface area contributed by atoms with Gasteiger partial charge < -0.3 is 4.90 Å². The number of amides is 2. The molecule has 154 valence electrons. The number of rotatable bonds is 5. The van der Waals surface area contributed by atoms with E-state index in [0.29, 0.717) is 5.69 Å². The summed E-state index contributed by atoms with van der Waals surface area (Å²) in [4.78, 5) is 26.2. The van der Waals surface area contributed by atoms with Crippen LogP contribution in [0.15, 0.2) is 36.4 Å². The summed E-state index contributed by atoms with van der Waals surface area (Å²) in [6.45, 7) is -0.0687. The molecule has 2 amide bonds. The fourth-order valence-electron chi connectivity index (χ4n) is 3.18. The second-order valence-electron chi connectivity index (χ2n) is 6.69. The summed E-state index contributed by atoms with van der Waals surface area (Å²) in [6, 6.07) is 7.92. The van der Waals surface area contributed by atoms with Crippen LogP contribution in [0.4, 0.5) is 14.5 Å². The van der Waals surface area contributed by atoms with Crippen LogP contribution in [0, 0.1) is 17.6 Å². The number of anilines is 1. The van der Waals surface area contributed by atoms with Gasteiger partial charge in [0.25, 0.3) is 5.91 Å². The van der Waals surface area contributed by atoms with Crippen molar-refractivity contribution in [2.75, 3.05) is 16.4 Å². The first-order valence-corrected chi connectivity index (χ1v) is 10.6. The molecule has 0 atom stereocenters. The number of benzene rings is 2. The second-order valence-corrected chi connectivity index (χ2v) is 8.32. The van der Waals surface area contributed by atoms with Gasteiger partial charge in [0.2, 0.25) is 5.91 Å². The van der Waals surface area contributed by atoms with Gasteiger partial charge in [-0.15, -0.1) is 0 Å². The number of hydrogen-bond acceptors (Lipinski definition) is 4. The van der Waals surface area contributed by atoms with Gasteiger partial charge in [0.15, 0.2) is 0 Å². The number of carbonyl (C=O) groups is 2. The van der Waals surface area contributed by atoms with Crippen LogP contribution in [0.3, 0.4) is 0 Å². The Morgan fingerprint density at radius 2 is 1.86 bits per heavy atom. The summed E-state index contributed by atoms with van der Waals surface area (Å²) in [5, 5.41) is -0.116. The Bertz CT molecular complexity index is 923. The van der Waals surface area contributed by atoms with E-state index in [4.69, 9.17) is 17.4 Å². The van der Waals surface area contributed by atoms with Crippen molar-refractivity contribution in [1.82, 2.24) is 5.43 Å². The zero-order valence-electron chi connectivity index (χ0n) is 15.5. The lowest BCUT2D eigenvalue weighted by molar-refractivity contribution is -0.122. The Hall–Kier alpha value is -2.16. The Morgan fingerprint density at radius 3 is 2.48 bits per heavy atom. The summed E-state index contributed by atoms with van der Waals surface area (Å²) in [5.41, 5.74) is 2.63. The molecule has 1 heterocycles. The first-order chi connectivity index (χ1) is 13.9. The Morgan fingerprint density at radius 1 is 1.14 bits per heavy atom. The minimum absolute atomic E-state index is 0.0687. The first-order valence-electron chi connectivity index (χ1n) is 9.04. The summed E-state index contributed by atoms with van der Waals surface area (Å²) < 4.78 is 28.2. The topological polar surface area (TPSA) is 75.4 Å². The molecule has 1 aliphatic rings. The van der Waals surface area contributed by atoms with Gasteiger partial charge in [-0.3, -0.25) is 15.0 Å². The SMILES string of the molecule is NNC(=O)c1ccc(CN(C(=O)C2CCSCC2)c2ccc(F)c(Cl)c2)c(F)c1. The number of hydrogen-bond donors (Lipinski definition) is 2. The van der Waals surface area contributed by atoms with Gasteiger partial charge in [0, 0.05) is 22.7 Å². The van der Waals surface area contributed by atoms with E-state index in [1.165, 1.54) is 35.2 Å². The van der Waals surface area contributed by atoms with Gasteiger partial charge in [-0.25, -0.2) is 14.6 Å². The van der Waals surface area contributed by atoms with Gasteiger partial charge >= 0.3 is 0 Å². The minimum atomic E-state index is -0.642. The maximum Gasteiger partial charge on any atom is 0.265 e.